The van der Waals surface area contributed by atoms with E-state index in [1.54, 1.807) is 6.20 Å². The molecule has 0 saturated heterocycles. The number of rotatable bonds is 1. The molecule has 0 spiro atoms. The topological polar surface area (TPSA) is 50.4 Å². The Kier molecular flexibility index (Phi) is 5.92. The van der Waals surface area contributed by atoms with Crippen molar-refractivity contribution in [2.45, 2.75) is 70.3 Å². The van der Waals surface area contributed by atoms with Crippen LogP contribution in [0.15, 0.2) is 23.6 Å². The molecule has 1 heterocycles. The third-order valence-electron chi connectivity index (χ3n) is 4.02. The predicted octanol–water partition coefficient (Wildman–Crippen LogP) is 4.17. The maximum Gasteiger partial charge on any atom is 0.0933 e. The summed E-state index contributed by atoms with van der Waals surface area (Å²) in [4.78, 5) is 0. The molecule has 0 bridgehead atoms. The van der Waals surface area contributed by atoms with Gasteiger partial charge in [0.2, 0.25) is 0 Å². The maximum atomic E-state index is 9.31. The molecule has 1 atom stereocenters. The molecule has 1 N–H and O–H groups in total. The quantitative estimate of drug-likeness (QED) is 0.610. The number of hydrogen-bond acceptors (Lipinski definition) is 3. The molecule has 4 heteroatoms. The van der Waals surface area contributed by atoms with E-state index in [4.69, 9.17) is 0 Å². The van der Waals surface area contributed by atoms with Crippen molar-refractivity contribution in [3.8, 4) is 0 Å². The lowest BCUT2D eigenvalue weighted by Crippen LogP contribution is -2.20. The summed E-state index contributed by atoms with van der Waals surface area (Å²) >= 11 is 0. The molecule has 106 valence electrons. The van der Waals surface area contributed by atoms with Gasteiger partial charge in [0.1, 0.15) is 0 Å². The summed E-state index contributed by atoms with van der Waals surface area (Å²) in [6, 6.07) is 2.07. The van der Waals surface area contributed by atoms with Crippen LogP contribution in [0.1, 0.15) is 70.3 Å². The van der Waals surface area contributed by atoms with E-state index in [1.807, 2.05) is 16.9 Å². The van der Waals surface area contributed by atoms with Gasteiger partial charge in [-0.1, -0.05) is 50.1 Å². The van der Waals surface area contributed by atoms with Gasteiger partial charge in [-0.05, 0) is 25.3 Å². The van der Waals surface area contributed by atoms with E-state index in [-0.39, 0.29) is 6.04 Å². The fourth-order valence-corrected chi connectivity index (χ4v) is 2.90. The van der Waals surface area contributed by atoms with Crippen LogP contribution in [0, 0.1) is 0 Å². The molecule has 1 aliphatic carbocycles. The molecule has 0 aromatic carbocycles. The van der Waals surface area contributed by atoms with Gasteiger partial charge in [0.05, 0.1) is 11.8 Å². The van der Waals surface area contributed by atoms with Crippen molar-refractivity contribution >= 4 is 5.71 Å². The van der Waals surface area contributed by atoms with Crippen LogP contribution in [-0.4, -0.2) is 20.7 Å². The fourth-order valence-electron chi connectivity index (χ4n) is 2.90. The van der Waals surface area contributed by atoms with Crippen molar-refractivity contribution in [3.05, 3.63) is 18.5 Å². The molecule has 19 heavy (non-hydrogen) atoms. The average Bonchev–Trinajstić information content (AvgIpc) is 2.93. The van der Waals surface area contributed by atoms with E-state index in [9.17, 15) is 5.21 Å². The minimum absolute atomic E-state index is 0.138. The third kappa shape index (κ3) is 4.37. The van der Waals surface area contributed by atoms with Gasteiger partial charge in [-0.3, -0.25) is 4.68 Å². The zero-order chi connectivity index (χ0) is 13.3. The molecule has 1 aliphatic rings. The first kappa shape index (κ1) is 14.1. The average molecular weight is 263 g/mol. The van der Waals surface area contributed by atoms with Crippen LogP contribution in [0.5, 0.6) is 0 Å². The van der Waals surface area contributed by atoms with Crippen molar-refractivity contribution < 1.29 is 5.21 Å². The first-order valence-electron chi connectivity index (χ1n) is 7.62. The van der Waals surface area contributed by atoms with Crippen molar-refractivity contribution in [1.29, 1.82) is 0 Å². The van der Waals surface area contributed by atoms with Crippen molar-refractivity contribution in [2.24, 2.45) is 5.16 Å². The van der Waals surface area contributed by atoms with E-state index >= 15 is 0 Å². The zero-order valence-electron chi connectivity index (χ0n) is 11.7. The Hall–Kier alpha value is -1.32. The molecular formula is C15H25N3O. The lowest BCUT2D eigenvalue weighted by Gasteiger charge is -2.19. The predicted molar refractivity (Wildman–Crippen MR) is 76.7 cm³/mol. The van der Waals surface area contributed by atoms with Gasteiger partial charge >= 0.3 is 0 Å². The van der Waals surface area contributed by atoms with Crippen LogP contribution in [0.25, 0.3) is 0 Å². The van der Waals surface area contributed by atoms with Crippen LogP contribution in [0.3, 0.4) is 0 Å². The molecule has 4 nitrogen and oxygen atoms in total. The summed E-state index contributed by atoms with van der Waals surface area (Å²) in [5.74, 6) is 0. The Morgan fingerprint density at radius 2 is 1.74 bits per heavy atom. The Bertz CT molecular complexity index is 373. The number of aromatic nitrogens is 2. The number of nitrogens with zero attached hydrogens (tertiary/aromatic N) is 3. The number of hydrogen-bond donors (Lipinski definition) is 1. The largest absolute Gasteiger partial charge is 0.411 e. The Morgan fingerprint density at radius 1 is 1.05 bits per heavy atom. The molecular weight excluding hydrogens is 238 g/mol. The number of oxime groups is 1. The molecule has 0 radical (unpaired) electrons. The summed E-state index contributed by atoms with van der Waals surface area (Å²) in [6.45, 7) is 0. The van der Waals surface area contributed by atoms with E-state index in [0.29, 0.717) is 0 Å². The van der Waals surface area contributed by atoms with Crippen LogP contribution in [-0.2, 0) is 0 Å². The first-order chi connectivity index (χ1) is 9.42. The van der Waals surface area contributed by atoms with Gasteiger partial charge < -0.3 is 5.21 Å². The third-order valence-corrected chi connectivity index (χ3v) is 4.02. The molecule has 1 unspecified atom stereocenters. The monoisotopic (exact) mass is 263 g/mol. The zero-order valence-corrected chi connectivity index (χ0v) is 11.7. The second-order valence-electron chi connectivity index (χ2n) is 5.46. The molecule has 2 rings (SSSR count). The van der Waals surface area contributed by atoms with Gasteiger partial charge in [-0.25, -0.2) is 0 Å². The summed E-state index contributed by atoms with van der Waals surface area (Å²) in [6.07, 6.45) is 15.9. The molecule has 0 amide bonds. The molecule has 1 fully saturated rings. The Labute approximate surface area is 115 Å². The highest BCUT2D eigenvalue weighted by Crippen LogP contribution is 2.22. The molecule has 1 aromatic rings. The van der Waals surface area contributed by atoms with E-state index in [1.165, 1.54) is 44.9 Å². The van der Waals surface area contributed by atoms with Crippen LogP contribution < -0.4 is 0 Å². The summed E-state index contributed by atoms with van der Waals surface area (Å²) in [5, 5.41) is 17.2. The second-order valence-corrected chi connectivity index (χ2v) is 5.46. The van der Waals surface area contributed by atoms with E-state index < -0.39 is 0 Å². The SMILES string of the molecule is ON=C1CCCCCCCCCCC1n1cccn1. The lowest BCUT2D eigenvalue weighted by atomic mass is 9.96. The lowest BCUT2D eigenvalue weighted by molar-refractivity contribution is 0.309. The summed E-state index contributed by atoms with van der Waals surface area (Å²) in [5.41, 5.74) is 0.893. The van der Waals surface area contributed by atoms with Crippen LogP contribution in [0.4, 0.5) is 0 Å². The van der Waals surface area contributed by atoms with E-state index in [0.717, 1.165) is 25.0 Å². The van der Waals surface area contributed by atoms with Crippen LogP contribution >= 0.6 is 0 Å². The van der Waals surface area contributed by atoms with Gasteiger partial charge in [0.15, 0.2) is 0 Å². The normalized spacial score (nSPS) is 25.7. The second kappa shape index (κ2) is 7.97. The fraction of sp³-hybridized carbons (Fsp3) is 0.733. The van der Waals surface area contributed by atoms with Crippen molar-refractivity contribution in [1.82, 2.24) is 9.78 Å². The minimum Gasteiger partial charge on any atom is -0.411 e. The highest BCUT2D eigenvalue weighted by molar-refractivity contribution is 5.87. The van der Waals surface area contributed by atoms with Gasteiger partial charge in [-0.2, -0.15) is 5.10 Å². The van der Waals surface area contributed by atoms with Gasteiger partial charge in [0, 0.05) is 12.4 Å². The molecule has 0 aliphatic heterocycles. The summed E-state index contributed by atoms with van der Waals surface area (Å²) < 4.78 is 1.95. The highest BCUT2D eigenvalue weighted by atomic mass is 16.4. The minimum atomic E-state index is 0.138. The van der Waals surface area contributed by atoms with E-state index in [2.05, 4.69) is 10.3 Å². The molecule has 1 aromatic heterocycles. The van der Waals surface area contributed by atoms with Crippen LogP contribution in [0.2, 0.25) is 0 Å². The smallest absolute Gasteiger partial charge is 0.0933 e. The maximum absolute atomic E-state index is 9.31. The van der Waals surface area contributed by atoms with Gasteiger partial charge in [-0.15, -0.1) is 0 Å². The van der Waals surface area contributed by atoms with Gasteiger partial charge in [0.25, 0.3) is 0 Å². The van der Waals surface area contributed by atoms with Crippen molar-refractivity contribution in [3.63, 3.8) is 0 Å². The molecule has 1 saturated carbocycles. The first-order valence-corrected chi connectivity index (χ1v) is 7.62. The Morgan fingerprint density at radius 3 is 2.37 bits per heavy atom. The summed E-state index contributed by atoms with van der Waals surface area (Å²) in [7, 11) is 0. The Balaban J connectivity index is 2.04. The highest BCUT2D eigenvalue weighted by Gasteiger charge is 2.19. The standard InChI is InChI=1S/C15H25N3O/c19-17-14-10-7-5-3-1-2-4-6-8-11-15(14)18-13-9-12-16-18/h9,12-13,15,19H,1-8,10-11H2. The van der Waals surface area contributed by atoms with Crippen molar-refractivity contribution in [2.75, 3.05) is 0 Å².